The molecule has 0 atom stereocenters. The van der Waals surface area contributed by atoms with E-state index in [1.807, 2.05) is 82.3 Å². The maximum atomic E-state index is 12.4. The quantitative estimate of drug-likeness (QED) is 0.688. The van der Waals surface area contributed by atoms with E-state index in [9.17, 15) is 9.59 Å². The molecule has 0 aliphatic heterocycles. The smallest absolute Gasteiger partial charge is 0.247 e. The third-order valence-corrected chi connectivity index (χ3v) is 4.09. The van der Waals surface area contributed by atoms with E-state index >= 15 is 0 Å². The first-order chi connectivity index (χ1) is 13.8. The van der Waals surface area contributed by atoms with Gasteiger partial charge in [-0.05, 0) is 57.0 Å². The van der Waals surface area contributed by atoms with Crippen molar-refractivity contribution in [2.45, 2.75) is 39.8 Å². The lowest BCUT2D eigenvalue weighted by Gasteiger charge is -2.24. The molecule has 5 heteroatoms. The maximum absolute atomic E-state index is 12.4. The van der Waals surface area contributed by atoms with Gasteiger partial charge < -0.3 is 15.0 Å². The van der Waals surface area contributed by atoms with Crippen LogP contribution in [-0.4, -0.2) is 35.3 Å². The Kier molecular flexibility index (Phi) is 8.01. The average molecular weight is 395 g/mol. The van der Waals surface area contributed by atoms with Crippen LogP contribution in [0.1, 0.15) is 38.8 Å². The number of nitrogens with zero attached hydrogens (tertiary/aromatic N) is 1. The summed E-state index contributed by atoms with van der Waals surface area (Å²) in [6.45, 7) is 8.62. The lowest BCUT2D eigenvalue weighted by atomic mass is 10.1. The van der Waals surface area contributed by atoms with Crippen molar-refractivity contribution in [3.63, 3.8) is 0 Å². The zero-order valence-corrected chi connectivity index (χ0v) is 17.6. The maximum Gasteiger partial charge on any atom is 0.247 e. The van der Waals surface area contributed by atoms with Crippen LogP contribution in [0.25, 0.3) is 6.08 Å². The zero-order chi connectivity index (χ0) is 21.3. The third-order valence-electron chi connectivity index (χ3n) is 4.09. The lowest BCUT2D eigenvalue weighted by molar-refractivity contribution is -0.132. The van der Waals surface area contributed by atoms with Crippen LogP contribution in [0.4, 0.5) is 0 Å². The van der Waals surface area contributed by atoms with E-state index in [2.05, 4.69) is 5.32 Å². The summed E-state index contributed by atoms with van der Waals surface area (Å²) in [7, 11) is 0. The highest BCUT2D eigenvalue weighted by Crippen LogP contribution is 2.15. The van der Waals surface area contributed by atoms with Crippen LogP contribution >= 0.6 is 0 Å². The minimum absolute atomic E-state index is 0.0448. The van der Waals surface area contributed by atoms with Crippen molar-refractivity contribution in [1.29, 1.82) is 0 Å². The number of likely N-dealkylation sites (N-methyl/N-ethyl adjacent to an activating group) is 1. The minimum atomic E-state index is -0.320. The first-order valence-corrected chi connectivity index (χ1v) is 9.81. The van der Waals surface area contributed by atoms with Gasteiger partial charge in [-0.15, -0.1) is 0 Å². The monoisotopic (exact) mass is 394 g/mol. The number of carbonyl (C=O) groups is 2. The predicted molar refractivity (Wildman–Crippen MR) is 116 cm³/mol. The fourth-order valence-corrected chi connectivity index (χ4v) is 2.67. The molecule has 0 fully saturated rings. The van der Waals surface area contributed by atoms with Gasteiger partial charge in [0.05, 0.1) is 6.54 Å². The van der Waals surface area contributed by atoms with Gasteiger partial charge in [0.1, 0.15) is 12.4 Å². The van der Waals surface area contributed by atoms with E-state index in [4.69, 9.17) is 4.74 Å². The van der Waals surface area contributed by atoms with Crippen LogP contribution in [0.2, 0.25) is 0 Å². The number of benzene rings is 2. The summed E-state index contributed by atoms with van der Waals surface area (Å²) in [5.74, 6) is 0.411. The summed E-state index contributed by atoms with van der Waals surface area (Å²) in [5.41, 5.74) is 1.68. The SMILES string of the molecule is CCN(CC(=O)NC(C)(C)C)C(=O)/C=C/c1ccc(OCc2ccccc2)cc1. The molecule has 2 aromatic carbocycles. The topological polar surface area (TPSA) is 58.6 Å². The van der Waals surface area contributed by atoms with Gasteiger partial charge in [0.15, 0.2) is 0 Å². The molecule has 2 rings (SSSR count). The Morgan fingerprint density at radius 2 is 1.69 bits per heavy atom. The van der Waals surface area contributed by atoms with Gasteiger partial charge in [-0.1, -0.05) is 42.5 Å². The van der Waals surface area contributed by atoms with E-state index in [1.54, 1.807) is 6.08 Å². The molecule has 29 heavy (non-hydrogen) atoms. The van der Waals surface area contributed by atoms with Gasteiger partial charge in [0.25, 0.3) is 0 Å². The number of carbonyl (C=O) groups excluding carboxylic acids is 2. The number of hydrogen-bond acceptors (Lipinski definition) is 3. The molecule has 2 amide bonds. The second kappa shape index (κ2) is 10.5. The van der Waals surface area contributed by atoms with Crippen LogP contribution in [0.15, 0.2) is 60.7 Å². The van der Waals surface area contributed by atoms with Crippen molar-refractivity contribution in [3.05, 3.63) is 71.8 Å². The molecule has 0 unspecified atom stereocenters. The molecule has 2 aromatic rings. The number of rotatable bonds is 8. The number of hydrogen-bond donors (Lipinski definition) is 1. The minimum Gasteiger partial charge on any atom is -0.489 e. The summed E-state index contributed by atoms with van der Waals surface area (Å²) >= 11 is 0. The average Bonchev–Trinajstić information content (AvgIpc) is 2.69. The molecule has 0 spiro atoms. The van der Waals surface area contributed by atoms with Gasteiger partial charge in [0, 0.05) is 18.2 Å². The predicted octanol–water partition coefficient (Wildman–Crippen LogP) is 4.04. The number of amides is 2. The molecule has 0 heterocycles. The fraction of sp³-hybridized carbons (Fsp3) is 0.333. The fourth-order valence-electron chi connectivity index (χ4n) is 2.67. The van der Waals surface area contributed by atoms with Crippen molar-refractivity contribution in [1.82, 2.24) is 10.2 Å². The van der Waals surface area contributed by atoms with Crippen molar-refractivity contribution >= 4 is 17.9 Å². The Hall–Kier alpha value is -3.08. The zero-order valence-electron chi connectivity index (χ0n) is 17.6. The molecule has 1 N–H and O–H groups in total. The van der Waals surface area contributed by atoms with E-state index in [0.717, 1.165) is 16.9 Å². The summed E-state index contributed by atoms with van der Waals surface area (Å²) in [4.78, 5) is 26.0. The first kappa shape index (κ1) is 22.2. The van der Waals surface area contributed by atoms with Crippen molar-refractivity contribution in [2.75, 3.05) is 13.1 Å². The van der Waals surface area contributed by atoms with Gasteiger partial charge in [-0.25, -0.2) is 0 Å². The summed E-state index contributed by atoms with van der Waals surface area (Å²) < 4.78 is 5.77. The molecule has 0 saturated carbocycles. The normalized spacial score (nSPS) is 11.3. The largest absolute Gasteiger partial charge is 0.489 e. The number of nitrogens with one attached hydrogen (secondary N) is 1. The Morgan fingerprint density at radius 3 is 2.28 bits per heavy atom. The third kappa shape index (κ3) is 8.21. The molecule has 5 nitrogen and oxygen atoms in total. The van der Waals surface area contributed by atoms with Crippen LogP contribution in [0, 0.1) is 0 Å². The molecular weight excluding hydrogens is 364 g/mol. The van der Waals surface area contributed by atoms with Gasteiger partial charge in [-0.3, -0.25) is 9.59 Å². The summed E-state index contributed by atoms with van der Waals surface area (Å²) in [6.07, 6.45) is 3.24. The van der Waals surface area contributed by atoms with Crippen LogP contribution in [-0.2, 0) is 16.2 Å². The van der Waals surface area contributed by atoms with Gasteiger partial charge >= 0.3 is 0 Å². The van der Waals surface area contributed by atoms with Gasteiger partial charge in [0.2, 0.25) is 11.8 Å². The highest BCUT2D eigenvalue weighted by molar-refractivity contribution is 5.94. The molecule has 0 aliphatic rings. The Morgan fingerprint density at radius 1 is 1.03 bits per heavy atom. The first-order valence-electron chi connectivity index (χ1n) is 9.81. The van der Waals surface area contributed by atoms with Crippen molar-refractivity contribution in [3.8, 4) is 5.75 Å². The van der Waals surface area contributed by atoms with Crippen molar-refractivity contribution in [2.24, 2.45) is 0 Å². The highest BCUT2D eigenvalue weighted by Gasteiger charge is 2.18. The van der Waals surface area contributed by atoms with E-state index in [1.165, 1.54) is 11.0 Å². The Balaban J connectivity index is 1.88. The Bertz CT molecular complexity index is 821. The molecular formula is C24H30N2O3. The standard InChI is InChI=1S/C24H30N2O3/c1-5-26(17-22(27)25-24(2,3)4)23(28)16-13-19-11-14-21(15-12-19)29-18-20-9-7-6-8-10-20/h6-16H,5,17-18H2,1-4H3,(H,25,27)/b16-13+. The van der Waals surface area contributed by atoms with Crippen LogP contribution in [0.5, 0.6) is 5.75 Å². The molecule has 0 aromatic heterocycles. The summed E-state index contributed by atoms with van der Waals surface area (Å²) in [5, 5.41) is 2.87. The molecule has 154 valence electrons. The van der Waals surface area contributed by atoms with E-state index in [0.29, 0.717) is 13.2 Å². The second-order valence-corrected chi connectivity index (χ2v) is 7.83. The molecule has 0 saturated heterocycles. The van der Waals surface area contributed by atoms with Crippen LogP contribution < -0.4 is 10.1 Å². The van der Waals surface area contributed by atoms with E-state index < -0.39 is 0 Å². The molecule has 0 radical (unpaired) electrons. The van der Waals surface area contributed by atoms with E-state index in [-0.39, 0.29) is 23.9 Å². The van der Waals surface area contributed by atoms with Crippen molar-refractivity contribution < 1.29 is 14.3 Å². The molecule has 0 aliphatic carbocycles. The highest BCUT2D eigenvalue weighted by atomic mass is 16.5. The number of ether oxygens (including phenoxy) is 1. The van der Waals surface area contributed by atoms with Gasteiger partial charge in [-0.2, -0.15) is 0 Å². The summed E-state index contributed by atoms with van der Waals surface area (Å²) in [6, 6.07) is 17.5. The lowest BCUT2D eigenvalue weighted by Crippen LogP contribution is -2.47. The van der Waals surface area contributed by atoms with Crippen LogP contribution in [0.3, 0.4) is 0 Å². The molecule has 0 bridgehead atoms. The second-order valence-electron chi connectivity index (χ2n) is 7.83. The Labute approximate surface area is 173 Å².